The van der Waals surface area contributed by atoms with Crippen molar-refractivity contribution in [2.45, 2.75) is 32.3 Å². The third-order valence-electron chi connectivity index (χ3n) is 4.44. The first-order valence-electron chi connectivity index (χ1n) is 9.22. The Kier molecular flexibility index (Phi) is 6.62. The van der Waals surface area contributed by atoms with Gasteiger partial charge < -0.3 is 4.90 Å². The number of hydrogen-bond donors (Lipinski definition) is 0. The highest BCUT2D eigenvalue weighted by Crippen LogP contribution is 2.23. The summed E-state index contributed by atoms with van der Waals surface area (Å²) in [5.41, 5.74) is 5.00. The van der Waals surface area contributed by atoms with Crippen LogP contribution < -0.4 is 4.90 Å². The van der Waals surface area contributed by atoms with Crippen LogP contribution in [0.1, 0.15) is 23.1 Å². The summed E-state index contributed by atoms with van der Waals surface area (Å²) < 4.78 is 1.65. The lowest BCUT2D eigenvalue weighted by molar-refractivity contribution is -0.116. The smallest absolute Gasteiger partial charge is 0.237 e. The molecule has 8 heteroatoms. The van der Waals surface area contributed by atoms with Crippen LogP contribution in [-0.4, -0.2) is 38.4 Å². The zero-order valence-electron chi connectivity index (χ0n) is 16.7. The lowest BCUT2D eigenvalue weighted by Crippen LogP contribution is -2.33. The van der Waals surface area contributed by atoms with E-state index in [1.165, 1.54) is 11.8 Å². The number of rotatable bonds is 7. The highest BCUT2D eigenvalue weighted by Gasteiger charge is 2.18. The van der Waals surface area contributed by atoms with Crippen LogP contribution in [0.2, 0.25) is 0 Å². The Morgan fingerprint density at radius 2 is 1.86 bits per heavy atom. The zero-order valence-corrected chi connectivity index (χ0v) is 17.5. The largest absolute Gasteiger partial charge is 0.311 e. The van der Waals surface area contributed by atoms with Gasteiger partial charge in [0, 0.05) is 12.2 Å². The summed E-state index contributed by atoms with van der Waals surface area (Å²) in [5.74, 6) is 0.0780. The second-order valence-corrected chi connectivity index (χ2v) is 7.68. The van der Waals surface area contributed by atoms with E-state index in [2.05, 4.69) is 27.7 Å². The molecule has 0 aliphatic carbocycles. The van der Waals surface area contributed by atoms with Gasteiger partial charge in [-0.05, 0) is 55.0 Å². The number of nitrogens with zero attached hydrogens (tertiary/aromatic N) is 6. The summed E-state index contributed by atoms with van der Waals surface area (Å²) in [6, 6.07) is 15.9. The monoisotopic (exact) mass is 406 g/mol. The fourth-order valence-corrected chi connectivity index (χ4v) is 3.71. The molecule has 148 valence electrons. The number of carbonyl (C=O) groups is 1. The SMILES string of the molecule is Cc1ccc(N(CCC#N)C(=O)CSc2nnnn2-c2ccc(C)cc2C)cc1. The van der Waals surface area contributed by atoms with Gasteiger partial charge in [0.1, 0.15) is 0 Å². The molecule has 29 heavy (non-hydrogen) atoms. The van der Waals surface area contributed by atoms with E-state index in [9.17, 15) is 4.79 Å². The molecule has 0 saturated carbocycles. The lowest BCUT2D eigenvalue weighted by atomic mass is 10.1. The average Bonchev–Trinajstić information content (AvgIpc) is 3.16. The number of carbonyl (C=O) groups excluding carboxylic acids is 1. The van der Waals surface area contributed by atoms with Crippen LogP contribution in [0.3, 0.4) is 0 Å². The molecule has 0 unspecified atom stereocenters. The number of benzene rings is 2. The summed E-state index contributed by atoms with van der Waals surface area (Å²) in [5, 5.41) is 21.4. The van der Waals surface area contributed by atoms with E-state index >= 15 is 0 Å². The van der Waals surface area contributed by atoms with E-state index in [4.69, 9.17) is 5.26 Å². The summed E-state index contributed by atoms with van der Waals surface area (Å²) in [4.78, 5) is 14.5. The van der Waals surface area contributed by atoms with Gasteiger partial charge in [-0.25, -0.2) is 0 Å². The molecule has 0 aliphatic heterocycles. The van der Waals surface area contributed by atoms with Gasteiger partial charge >= 0.3 is 0 Å². The minimum absolute atomic E-state index is 0.0933. The molecule has 0 fully saturated rings. The van der Waals surface area contributed by atoms with Crippen LogP contribution in [-0.2, 0) is 4.79 Å². The molecule has 3 rings (SSSR count). The summed E-state index contributed by atoms with van der Waals surface area (Å²) >= 11 is 1.28. The Hall–Kier alpha value is -3.18. The molecular weight excluding hydrogens is 384 g/mol. The molecule has 0 atom stereocenters. The molecule has 0 bridgehead atoms. The molecular formula is C21H22N6OS. The van der Waals surface area contributed by atoms with Crippen LogP contribution in [0.15, 0.2) is 47.6 Å². The number of anilines is 1. The first kappa shape index (κ1) is 20.6. The molecule has 3 aromatic rings. The van der Waals surface area contributed by atoms with Gasteiger partial charge in [0.15, 0.2) is 0 Å². The van der Waals surface area contributed by atoms with Crippen molar-refractivity contribution >= 4 is 23.4 Å². The van der Waals surface area contributed by atoms with Crippen molar-refractivity contribution in [2.24, 2.45) is 0 Å². The minimum atomic E-state index is -0.0933. The maximum Gasteiger partial charge on any atom is 0.237 e. The summed E-state index contributed by atoms with van der Waals surface area (Å²) in [6.45, 7) is 6.38. The van der Waals surface area contributed by atoms with E-state index in [-0.39, 0.29) is 18.1 Å². The van der Waals surface area contributed by atoms with Crippen molar-refractivity contribution in [3.05, 3.63) is 59.2 Å². The van der Waals surface area contributed by atoms with Gasteiger partial charge in [-0.15, -0.1) is 5.10 Å². The molecule has 1 amide bonds. The van der Waals surface area contributed by atoms with Gasteiger partial charge in [0.25, 0.3) is 0 Å². The first-order valence-corrected chi connectivity index (χ1v) is 10.2. The number of aryl methyl sites for hydroxylation is 3. The fourth-order valence-electron chi connectivity index (χ4n) is 2.95. The molecule has 1 aromatic heterocycles. The van der Waals surface area contributed by atoms with Crippen LogP contribution in [0.4, 0.5) is 5.69 Å². The van der Waals surface area contributed by atoms with Gasteiger partial charge in [-0.1, -0.05) is 47.2 Å². The highest BCUT2D eigenvalue weighted by molar-refractivity contribution is 7.99. The molecule has 2 aromatic carbocycles. The lowest BCUT2D eigenvalue weighted by Gasteiger charge is -2.21. The Bertz CT molecular complexity index is 1040. The second kappa shape index (κ2) is 9.34. The third kappa shape index (κ3) is 5.00. The number of hydrogen-bond acceptors (Lipinski definition) is 6. The molecule has 1 heterocycles. The van der Waals surface area contributed by atoms with Crippen molar-refractivity contribution in [1.82, 2.24) is 20.2 Å². The Morgan fingerprint density at radius 3 is 2.55 bits per heavy atom. The molecule has 7 nitrogen and oxygen atoms in total. The normalized spacial score (nSPS) is 10.6. The third-order valence-corrected chi connectivity index (χ3v) is 5.34. The summed E-state index contributed by atoms with van der Waals surface area (Å²) in [6.07, 6.45) is 0.268. The van der Waals surface area contributed by atoms with Crippen LogP contribution in [0, 0.1) is 32.1 Å². The molecule has 0 spiro atoms. The Labute approximate surface area is 174 Å². The van der Waals surface area contributed by atoms with E-state index < -0.39 is 0 Å². The number of tetrazole rings is 1. The number of aromatic nitrogens is 4. The molecule has 0 radical (unpaired) electrons. The van der Waals surface area contributed by atoms with E-state index in [0.29, 0.717) is 11.7 Å². The maximum absolute atomic E-state index is 12.9. The number of amides is 1. The van der Waals surface area contributed by atoms with Crippen LogP contribution >= 0.6 is 11.8 Å². The van der Waals surface area contributed by atoms with Gasteiger partial charge in [0.05, 0.1) is 23.9 Å². The quantitative estimate of drug-likeness (QED) is 0.557. The zero-order chi connectivity index (χ0) is 20.8. The molecule has 0 saturated heterocycles. The van der Waals surface area contributed by atoms with Crippen LogP contribution in [0.25, 0.3) is 5.69 Å². The van der Waals surface area contributed by atoms with Crippen molar-refractivity contribution in [3.8, 4) is 11.8 Å². The Balaban J connectivity index is 1.76. The number of thioether (sulfide) groups is 1. The molecule has 0 N–H and O–H groups in total. The fraction of sp³-hybridized carbons (Fsp3) is 0.286. The second-order valence-electron chi connectivity index (χ2n) is 6.74. The predicted molar refractivity (Wildman–Crippen MR) is 113 cm³/mol. The summed E-state index contributed by atoms with van der Waals surface area (Å²) in [7, 11) is 0. The van der Waals surface area contributed by atoms with Crippen molar-refractivity contribution in [3.63, 3.8) is 0 Å². The highest BCUT2D eigenvalue weighted by atomic mass is 32.2. The van der Waals surface area contributed by atoms with E-state index in [1.54, 1.807) is 9.58 Å². The topological polar surface area (TPSA) is 87.7 Å². The maximum atomic E-state index is 12.9. The van der Waals surface area contributed by atoms with Crippen LogP contribution in [0.5, 0.6) is 0 Å². The molecule has 0 aliphatic rings. The van der Waals surface area contributed by atoms with Crippen molar-refractivity contribution in [2.75, 3.05) is 17.2 Å². The standard InChI is InChI=1S/C21H22N6OS/c1-15-5-8-18(9-6-15)26(12-4-11-22)20(28)14-29-21-23-24-25-27(21)19-10-7-16(2)13-17(19)3/h5-10,13H,4,12,14H2,1-3H3. The van der Waals surface area contributed by atoms with Gasteiger partial charge in [-0.3, -0.25) is 4.79 Å². The Morgan fingerprint density at radius 1 is 1.14 bits per heavy atom. The van der Waals surface area contributed by atoms with Gasteiger partial charge in [0.2, 0.25) is 11.1 Å². The predicted octanol–water partition coefficient (Wildman–Crippen LogP) is 3.63. The average molecular weight is 407 g/mol. The van der Waals surface area contributed by atoms with Crippen molar-refractivity contribution in [1.29, 1.82) is 5.26 Å². The van der Waals surface area contributed by atoms with Crippen molar-refractivity contribution < 1.29 is 4.79 Å². The minimum Gasteiger partial charge on any atom is -0.311 e. The first-order chi connectivity index (χ1) is 14.0. The van der Waals surface area contributed by atoms with E-state index in [0.717, 1.165) is 28.1 Å². The van der Waals surface area contributed by atoms with Gasteiger partial charge in [-0.2, -0.15) is 9.94 Å². The van der Waals surface area contributed by atoms with E-state index in [1.807, 2.05) is 57.2 Å². The number of nitriles is 1.